The molecule has 2 fully saturated rings. The van der Waals surface area contributed by atoms with E-state index in [4.69, 9.17) is 10.5 Å². The van der Waals surface area contributed by atoms with Gasteiger partial charge in [0.25, 0.3) is 0 Å². The minimum absolute atomic E-state index is 0.0183. The second-order valence-corrected chi connectivity index (χ2v) is 10.5. The second-order valence-electron chi connectivity index (χ2n) is 10.5. The van der Waals surface area contributed by atoms with Crippen molar-refractivity contribution < 1.29 is 13.9 Å². The average Bonchev–Trinajstić information content (AvgIpc) is 3.54. The Bertz CT molecular complexity index is 1510. The summed E-state index contributed by atoms with van der Waals surface area (Å²) in [6.45, 7) is 8.19. The van der Waals surface area contributed by atoms with Crippen LogP contribution in [0.25, 0.3) is 28.0 Å². The highest BCUT2D eigenvalue weighted by atomic mass is 19.1. The number of carbonyl (C=O) groups is 1. The van der Waals surface area contributed by atoms with Crippen molar-refractivity contribution in [3.05, 3.63) is 42.6 Å². The molecule has 2 atom stereocenters. The summed E-state index contributed by atoms with van der Waals surface area (Å²) in [5.41, 5.74) is 10.7. The lowest BCUT2D eigenvalue weighted by Gasteiger charge is -2.45. The van der Waals surface area contributed by atoms with Gasteiger partial charge in [-0.25, -0.2) is 18.6 Å². The van der Waals surface area contributed by atoms with E-state index in [-0.39, 0.29) is 29.8 Å². The van der Waals surface area contributed by atoms with Gasteiger partial charge in [0.1, 0.15) is 17.7 Å². The average molecular weight is 534 g/mol. The summed E-state index contributed by atoms with van der Waals surface area (Å²) in [6.07, 6.45) is 4.79. The van der Waals surface area contributed by atoms with Crippen LogP contribution in [0.5, 0.6) is 0 Å². The molecule has 0 bridgehead atoms. The number of fused-ring (bicyclic) bond motifs is 1. The van der Waals surface area contributed by atoms with Crippen LogP contribution in [0.1, 0.15) is 39.7 Å². The minimum Gasteiger partial charge on any atom is -0.382 e. The Balaban J connectivity index is 1.45. The van der Waals surface area contributed by atoms with Gasteiger partial charge in [0, 0.05) is 62.1 Å². The van der Waals surface area contributed by atoms with Crippen molar-refractivity contribution in [1.82, 2.24) is 34.5 Å². The van der Waals surface area contributed by atoms with E-state index in [0.29, 0.717) is 48.9 Å². The molecule has 2 aliphatic heterocycles. The number of halogens is 1. The van der Waals surface area contributed by atoms with Crippen molar-refractivity contribution in [3.63, 3.8) is 0 Å². The molecule has 2 saturated heterocycles. The number of hydrogen-bond acceptors (Lipinski definition) is 8. The molecular weight excluding hydrogens is 501 g/mol. The third kappa shape index (κ3) is 4.48. The van der Waals surface area contributed by atoms with Crippen LogP contribution in [0, 0.1) is 5.82 Å². The highest BCUT2D eigenvalue weighted by molar-refractivity contribution is 5.91. The highest BCUT2D eigenvalue weighted by Crippen LogP contribution is 2.38. The number of nitrogen functional groups attached to an aromatic ring is 1. The van der Waals surface area contributed by atoms with Gasteiger partial charge >= 0.3 is 0 Å². The van der Waals surface area contributed by atoms with Gasteiger partial charge in [-0.2, -0.15) is 5.10 Å². The molecule has 12 heteroatoms. The molecule has 0 aliphatic carbocycles. The van der Waals surface area contributed by atoms with Crippen LogP contribution in [0.4, 0.5) is 15.9 Å². The molecule has 1 aromatic carbocycles. The van der Waals surface area contributed by atoms with Crippen molar-refractivity contribution in [2.24, 2.45) is 0 Å². The molecule has 3 aromatic heterocycles. The number of aromatic nitrogens is 6. The van der Waals surface area contributed by atoms with Crippen LogP contribution in [0.2, 0.25) is 0 Å². The first kappa shape index (κ1) is 25.2. The van der Waals surface area contributed by atoms with Gasteiger partial charge in [-0.3, -0.25) is 4.79 Å². The van der Waals surface area contributed by atoms with Crippen LogP contribution >= 0.6 is 0 Å². The number of nitrogens with zero attached hydrogens (tertiary/aromatic N) is 8. The number of nitrogens with two attached hydrogens (primary N) is 1. The normalized spacial score (nSPS) is 20.6. The van der Waals surface area contributed by atoms with Crippen LogP contribution < -0.4 is 10.6 Å². The quantitative estimate of drug-likeness (QED) is 0.425. The van der Waals surface area contributed by atoms with E-state index < -0.39 is 0 Å². The van der Waals surface area contributed by atoms with E-state index in [2.05, 4.69) is 39.1 Å². The van der Waals surface area contributed by atoms with Crippen molar-refractivity contribution in [3.8, 4) is 22.5 Å². The summed E-state index contributed by atoms with van der Waals surface area (Å²) in [4.78, 5) is 20.3. The number of piperazine rings is 1. The first-order valence-electron chi connectivity index (χ1n) is 13.3. The van der Waals surface area contributed by atoms with Crippen LogP contribution in [-0.2, 0) is 9.53 Å². The maximum absolute atomic E-state index is 15.2. The van der Waals surface area contributed by atoms with Crippen LogP contribution in [0.3, 0.4) is 0 Å². The number of carbonyl (C=O) groups excluding carboxylic acids is 1. The molecule has 4 aromatic rings. The first-order chi connectivity index (χ1) is 18.8. The molecule has 2 N–H and O–H groups in total. The van der Waals surface area contributed by atoms with Gasteiger partial charge in [-0.1, -0.05) is 5.21 Å². The first-order valence-corrected chi connectivity index (χ1v) is 13.3. The largest absolute Gasteiger partial charge is 0.382 e. The Morgan fingerprint density at radius 2 is 1.82 bits per heavy atom. The molecule has 2 aliphatic rings. The SMILES string of the molecule is CC(=O)N1C[C@@H](C)N(c2cc(F)cc(-c3cc(-c4cnnn4C4CCOCC4)c4c(N)ncnn34)c2)[C@@H](C)C1. The number of ether oxygens (including phenoxy) is 1. The van der Waals surface area contributed by atoms with E-state index in [1.54, 1.807) is 23.7 Å². The summed E-state index contributed by atoms with van der Waals surface area (Å²) in [7, 11) is 0. The molecule has 204 valence electrons. The Morgan fingerprint density at radius 3 is 2.54 bits per heavy atom. The second kappa shape index (κ2) is 9.92. The zero-order chi connectivity index (χ0) is 27.3. The van der Waals surface area contributed by atoms with Crippen LogP contribution in [-0.4, -0.2) is 78.8 Å². The summed E-state index contributed by atoms with van der Waals surface area (Å²) in [6, 6.07) is 7.16. The lowest BCUT2D eigenvalue weighted by atomic mass is 10.0. The van der Waals surface area contributed by atoms with E-state index in [1.165, 1.54) is 12.4 Å². The fraction of sp³-hybridized carbons (Fsp3) is 0.444. The topological polar surface area (TPSA) is 120 Å². The lowest BCUT2D eigenvalue weighted by Crippen LogP contribution is -2.58. The zero-order valence-electron chi connectivity index (χ0n) is 22.3. The third-order valence-electron chi connectivity index (χ3n) is 7.81. The summed E-state index contributed by atoms with van der Waals surface area (Å²) in [5, 5.41) is 13.1. The zero-order valence-corrected chi connectivity index (χ0v) is 22.3. The Morgan fingerprint density at radius 1 is 1.08 bits per heavy atom. The van der Waals surface area contributed by atoms with Crippen molar-refractivity contribution in [2.75, 3.05) is 36.9 Å². The van der Waals surface area contributed by atoms with Gasteiger partial charge in [-0.05, 0) is 51.0 Å². The fourth-order valence-corrected chi connectivity index (χ4v) is 6.06. The molecule has 39 heavy (non-hydrogen) atoms. The molecule has 0 radical (unpaired) electrons. The Labute approximate surface area is 225 Å². The van der Waals surface area contributed by atoms with Gasteiger partial charge in [0.05, 0.1) is 23.6 Å². The summed E-state index contributed by atoms with van der Waals surface area (Å²) in [5.74, 6) is 0.000708. The standard InChI is InChI=1S/C27H32FN9O2/c1-16-13-34(18(3)38)14-17(2)35(16)22-9-19(8-20(28)10-22)24-11-23(26-27(29)30-15-32-37(24)26)25-12-31-33-36(25)21-4-6-39-7-5-21/h8-12,15-17,21H,4-7,13-14H2,1-3H3,(H2,29,30,32)/t16-,17+. The molecule has 11 nitrogen and oxygen atoms in total. The number of rotatable bonds is 4. The fourth-order valence-electron chi connectivity index (χ4n) is 6.06. The maximum atomic E-state index is 15.2. The monoisotopic (exact) mass is 533 g/mol. The molecule has 0 saturated carbocycles. The number of hydrogen-bond donors (Lipinski definition) is 1. The van der Waals surface area contributed by atoms with Crippen molar-refractivity contribution in [2.45, 2.75) is 51.7 Å². The van der Waals surface area contributed by atoms with Crippen molar-refractivity contribution in [1.29, 1.82) is 0 Å². The molecule has 0 unspecified atom stereocenters. The molecular formula is C27H32FN9O2. The van der Waals surface area contributed by atoms with Gasteiger partial charge in [0.15, 0.2) is 5.82 Å². The Hall–Kier alpha value is -4.06. The predicted octanol–water partition coefficient (Wildman–Crippen LogP) is 3.17. The maximum Gasteiger partial charge on any atom is 0.219 e. The van der Waals surface area contributed by atoms with Gasteiger partial charge in [0.2, 0.25) is 5.91 Å². The summed E-state index contributed by atoms with van der Waals surface area (Å²) < 4.78 is 24.4. The number of benzene rings is 1. The molecule has 6 rings (SSSR count). The van der Waals surface area contributed by atoms with Crippen molar-refractivity contribution >= 4 is 22.9 Å². The third-order valence-corrected chi connectivity index (χ3v) is 7.81. The molecule has 5 heterocycles. The van der Waals surface area contributed by atoms with E-state index in [1.807, 2.05) is 21.7 Å². The van der Waals surface area contributed by atoms with Crippen LogP contribution in [0.15, 0.2) is 36.8 Å². The molecule has 0 spiro atoms. The molecule has 1 amide bonds. The minimum atomic E-state index is -0.358. The number of anilines is 2. The Kier molecular flexibility index (Phi) is 6.42. The van der Waals surface area contributed by atoms with E-state index in [9.17, 15) is 4.79 Å². The predicted molar refractivity (Wildman–Crippen MR) is 145 cm³/mol. The van der Waals surface area contributed by atoms with E-state index >= 15 is 4.39 Å². The smallest absolute Gasteiger partial charge is 0.219 e. The van der Waals surface area contributed by atoms with E-state index in [0.717, 1.165) is 29.8 Å². The summed E-state index contributed by atoms with van der Waals surface area (Å²) >= 11 is 0. The lowest BCUT2D eigenvalue weighted by molar-refractivity contribution is -0.130. The number of amides is 1. The van der Waals surface area contributed by atoms with Gasteiger partial charge in [-0.15, -0.1) is 5.10 Å². The highest BCUT2D eigenvalue weighted by Gasteiger charge is 2.32. The van der Waals surface area contributed by atoms with Gasteiger partial charge < -0.3 is 20.3 Å².